The molecular formula is C11H18BrNS. The largest absolute Gasteiger partial charge is 0.312 e. The Morgan fingerprint density at radius 3 is 2.71 bits per heavy atom. The molecule has 1 heterocycles. The quantitative estimate of drug-likeness (QED) is 0.849. The number of hydrogen-bond acceptors (Lipinski definition) is 2. The molecule has 1 aromatic rings. The molecule has 1 N–H and O–H groups in total. The maximum absolute atomic E-state index is 3.50. The molecule has 0 aliphatic carbocycles. The minimum absolute atomic E-state index is 0.506. The van der Waals surface area contributed by atoms with Crippen LogP contribution in [0.3, 0.4) is 0 Å². The summed E-state index contributed by atoms with van der Waals surface area (Å²) < 4.78 is 1.20. The van der Waals surface area contributed by atoms with Gasteiger partial charge in [0.2, 0.25) is 0 Å². The number of halogens is 1. The van der Waals surface area contributed by atoms with Gasteiger partial charge < -0.3 is 5.32 Å². The van der Waals surface area contributed by atoms with E-state index in [-0.39, 0.29) is 0 Å². The van der Waals surface area contributed by atoms with E-state index in [1.165, 1.54) is 22.2 Å². The molecule has 1 aromatic heterocycles. The van der Waals surface area contributed by atoms with Gasteiger partial charge in [-0.25, -0.2) is 0 Å². The SMILES string of the molecule is CCCC(C)C(NC)c1cc(Br)cs1. The predicted octanol–water partition coefficient (Wildman–Crippen LogP) is 4.21. The Labute approximate surface area is 99.0 Å². The van der Waals surface area contributed by atoms with Crippen molar-refractivity contribution in [3.8, 4) is 0 Å². The third-order valence-corrected chi connectivity index (χ3v) is 4.29. The molecule has 0 bridgehead atoms. The lowest BCUT2D eigenvalue weighted by molar-refractivity contribution is 0.389. The summed E-state index contributed by atoms with van der Waals surface area (Å²) in [6.07, 6.45) is 2.53. The number of thiophene rings is 1. The van der Waals surface area contributed by atoms with Crippen molar-refractivity contribution < 1.29 is 0 Å². The molecule has 0 saturated carbocycles. The van der Waals surface area contributed by atoms with Gasteiger partial charge in [-0.2, -0.15) is 0 Å². The highest BCUT2D eigenvalue weighted by molar-refractivity contribution is 9.10. The number of nitrogens with one attached hydrogen (secondary N) is 1. The van der Waals surface area contributed by atoms with E-state index in [1.54, 1.807) is 0 Å². The van der Waals surface area contributed by atoms with Crippen LogP contribution in [0.1, 0.15) is 37.6 Å². The Morgan fingerprint density at radius 2 is 2.29 bits per heavy atom. The fourth-order valence-corrected chi connectivity index (χ4v) is 3.51. The molecule has 1 nitrogen and oxygen atoms in total. The highest BCUT2D eigenvalue weighted by Gasteiger charge is 2.18. The molecule has 0 saturated heterocycles. The van der Waals surface area contributed by atoms with Crippen molar-refractivity contribution in [2.75, 3.05) is 7.05 Å². The van der Waals surface area contributed by atoms with Gasteiger partial charge in [0, 0.05) is 20.8 Å². The molecule has 2 unspecified atom stereocenters. The highest BCUT2D eigenvalue weighted by Crippen LogP contribution is 2.31. The first-order valence-electron chi connectivity index (χ1n) is 5.10. The van der Waals surface area contributed by atoms with Gasteiger partial charge >= 0.3 is 0 Å². The second-order valence-corrected chi connectivity index (χ2v) is 5.56. The topological polar surface area (TPSA) is 12.0 Å². The van der Waals surface area contributed by atoms with Crippen molar-refractivity contribution in [3.63, 3.8) is 0 Å². The Morgan fingerprint density at radius 1 is 1.57 bits per heavy atom. The van der Waals surface area contributed by atoms with Crippen LogP contribution in [-0.4, -0.2) is 7.05 Å². The first kappa shape index (κ1) is 12.2. The smallest absolute Gasteiger partial charge is 0.0438 e. The van der Waals surface area contributed by atoms with Gasteiger partial charge in [0.1, 0.15) is 0 Å². The zero-order valence-corrected chi connectivity index (χ0v) is 11.4. The lowest BCUT2D eigenvalue weighted by Crippen LogP contribution is -2.22. The van der Waals surface area contributed by atoms with Crippen LogP contribution in [0.5, 0.6) is 0 Å². The normalized spacial score (nSPS) is 15.4. The second-order valence-electron chi connectivity index (χ2n) is 3.70. The summed E-state index contributed by atoms with van der Waals surface area (Å²) in [5.41, 5.74) is 0. The zero-order valence-electron chi connectivity index (χ0n) is 9.01. The minimum Gasteiger partial charge on any atom is -0.312 e. The van der Waals surface area contributed by atoms with Crippen LogP contribution in [0, 0.1) is 5.92 Å². The lowest BCUT2D eigenvalue weighted by Gasteiger charge is -2.21. The van der Waals surface area contributed by atoms with Crippen LogP contribution in [-0.2, 0) is 0 Å². The summed E-state index contributed by atoms with van der Waals surface area (Å²) in [4.78, 5) is 1.43. The fraction of sp³-hybridized carbons (Fsp3) is 0.636. The van der Waals surface area contributed by atoms with Gasteiger partial charge in [-0.05, 0) is 41.4 Å². The van der Waals surface area contributed by atoms with E-state index in [2.05, 4.69) is 46.5 Å². The van der Waals surface area contributed by atoms with Crippen LogP contribution in [0.2, 0.25) is 0 Å². The predicted molar refractivity (Wildman–Crippen MR) is 67.9 cm³/mol. The second kappa shape index (κ2) is 5.89. The maximum Gasteiger partial charge on any atom is 0.0438 e. The molecule has 0 aromatic carbocycles. The molecular weight excluding hydrogens is 258 g/mol. The van der Waals surface area contributed by atoms with E-state index >= 15 is 0 Å². The average molecular weight is 276 g/mol. The van der Waals surface area contributed by atoms with Gasteiger partial charge in [0.05, 0.1) is 0 Å². The van der Waals surface area contributed by atoms with E-state index in [4.69, 9.17) is 0 Å². The van der Waals surface area contributed by atoms with Gasteiger partial charge in [-0.15, -0.1) is 11.3 Å². The van der Waals surface area contributed by atoms with Gasteiger partial charge in [0.25, 0.3) is 0 Å². The van der Waals surface area contributed by atoms with Gasteiger partial charge in [0.15, 0.2) is 0 Å². The highest BCUT2D eigenvalue weighted by atomic mass is 79.9. The lowest BCUT2D eigenvalue weighted by atomic mass is 9.96. The Balaban J connectivity index is 2.71. The molecule has 1 rings (SSSR count). The van der Waals surface area contributed by atoms with E-state index < -0.39 is 0 Å². The fourth-order valence-electron chi connectivity index (χ4n) is 1.82. The summed E-state index contributed by atoms with van der Waals surface area (Å²) in [5.74, 6) is 0.704. The molecule has 0 fully saturated rings. The summed E-state index contributed by atoms with van der Waals surface area (Å²) in [5, 5.41) is 5.56. The molecule has 0 aliphatic heterocycles. The number of hydrogen-bond donors (Lipinski definition) is 1. The zero-order chi connectivity index (χ0) is 10.6. The third-order valence-electron chi connectivity index (χ3n) is 2.52. The van der Waals surface area contributed by atoms with Crippen molar-refractivity contribution in [3.05, 3.63) is 20.8 Å². The van der Waals surface area contributed by atoms with Crippen molar-refractivity contribution >= 4 is 27.3 Å². The van der Waals surface area contributed by atoms with Crippen molar-refractivity contribution in [2.45, 2.75) is 32.7 Å². The van der Waals surface area contributed by atoms with Crippen LogP contribution in [0.25, 0.3) is 0 Å². The van der Waals surface area contributed by atoms with Crippen molar-refractivity contribution in [1.29, 1.82) is 0 Å². The molecule has 0 spiro atoms. The molecule has 0 aliphatic rings. The summed E-state index contributed by atoms with van der Waals surface area (Å²) >= 11 is 5.33. The summed E-state index contributed by atoms with van der Waals surface area (Å²) in [6, 6.07) is 2.73. The first-order chi connectivity index (χ1) is 6.69. The van der Waals surface area contributed by atoms with Crippen LogP contribution in [0.15, 0.2) is 15.9 Å². The van der Waals surface area contributed by atoms with Crippen LogP contribution >= 0.6 is 27.3 Å². The van der Waals surface area contributed by atoms with Crippen molar-refractivity contribution in [2.24, 2.45) is 5.92 Å². The van der Waals surface area contributed by atoms with E-state index in [1.807, 2.05) is 18.4 Å². The molecule has 80 valence electrons. The molecule has 0 amide bonds. The monoisotopic (exact) mass is 275 g/mol. The standard InChI is InChI=1S/C11H18BrNS/c1-4-5-8(2)11(13-3)10-6-9(12)7-14-10/h6-8,11,13H,4-5H2,1-3H3. The summed E-state index contributed by atoms with van der Waals surface area (Å²) in [6.45, 7) is 4.56. The molecule has 2 atom stereocenters. The van der Waals surface area contributed by atoms with E-state index in [9.17, 15) is 0 Å². The first-order valence-corrected chi connectivity index (χ1v) is 6.77. The van der Waals surface area contributed by atoms with E-state index in [0.29, 0.717) is 12.0 Å². The van der Waals surface area contributed by atoms with Crippen LogP contribution < -0.4 is 5.32 Å². The number of rotatable bonds is 5. The maximum atomic E-state index is 3.50. The van der Waals surface area contributed by atoms with Crippen LogP contribution in [0.4, 0.5) is 0 Å². The summed E-state index contributed by atoms with van der Waals surface area (Å²) in [7, 11) is 2.05. The van der Waals surface area contributed by atoms with Crippen molar-refractivity contribution in [1.82, 2.24) is 5.32 Å². The van der Waals surface area contributed by atoms with Gasteiger partial charge in [-0.1, -0.05) is 20.3 Å². The minimum atomic E-state index is 0.506. The van der Waals surface area contributed by atoms with E-state index in [0.717, 1.165) is 0 Å². The van der Waals surface area contributed by atoms with Gasteiger partial charge in [-0.3, -0.25) is 0 Å². The average Bonchev–Trinajstić information content (AvgIpc) is 2.54. The Kier molecular flexibility index (Phi) is 5.13. The molecule has 3 heteroatoms. The Bertz CT molecular complexity index is 272. The molecule has 14 heavy (non-hydrogen) atoms. The molecule has 0 radical (unpaired) electrons. The third kappa shape index (κ3) is 3.07. The Hall–Kier alpha value is 0.140.